The summed E-state index contributed by atoms with van der Waals surface area (Å²) in [5.74, 6) is 0.188. The number of allylic oxidation sites excluding steroid dienone is 1. The molecular weight excluding hydrogens is 320 g/mol. The molecule has 1 N–H and O–H groups in total. The molecular formula is C23H22N2O. The van der Waals surface area contributed by atoms with Gasteiger partial charge in [-0.2, -0.15) is 0 Å². The number of aromatic nitrogens is 1. The summed E-state index contributed by atoms with van der Waals surface area (Å²) in [6, 6.07) is 18.7. The van der Waals surface area contributed by atoms with Crippen molar-refractivity contribution in [1.29, 1.82) is 0 Å². The van der Waals surface area contributed by atoms with E-state index in [0.29, 0.717) is 0 Å². The Hall–Kier alpha value is -2.81. The van der Waals surface area contributed by atoms with Crippen LogP contribution in [0, 0.1) is 0 Å². The molecule has 2 aliphatic rings. The summed E-state index contributed by atoms with van der Waals surface area (Å²) in [5, 5.41) is 1.29. The highest BCUT2D eigenvalue weighted by Gasteiger charge is 2.39. The zero-order chi connectivity index (χ0) is 17.7. The predicted molar refractivity (Wildman–Crippen MR) is 105 cm³/mol. The summed E-state index contributed by atoms with van der Waals surface area (Å²) < 4.78 is 0. The molecule has 3 aromatic rings. The lowest BCUT2D eigenvalue weighted by atomic mass is 9.82. The van der Waals surface area contributed by atoms with Gasteiger partial charge in [0.2, 0.25) is 5.91 Å². The number of amides is 1. The van der Waals surface area contributed by atoms with Crippen molar-refractivity contribution in [2.75, 3.05) is 6.54 Å². The highest BCUT2D eigenvalue weighted by Crippen LogP contribution is 2.44. The molecule has 0 radical (unpaired) electrons. The first-order chi connectivity index (χ1) is 12.8. The van der Waals surface area contributed by atoms with E-state index in [1.54, 1.807) is 0 Å². The summed E-state index contributed by atoms with van der Waals surface area (Å²) in [6.45, 7) is 2.98. The summed E-state index contributed by atoms with van der Waals surface area (Å²) in [4.78, 5) is 19.0. The molecule has 5 rings (SSSR count). The van der Waals surface area contributed by atoms with E-state index in [2.05, 4.69) is 48.3 Å². The van der Waals surface area contributed by atoms with Gasteiger partial charge in [-0.15, -0.1) is 0 Å². The number of fused-ring (bicyclic) bond motifs is 5. The molecule has 1 amide bonds. The minimum Gasteiger partial charge on any atom is -0.353 e. The van der Waals surface area contributed by atoms with Crippen LogP contribution >= 0.6 is 0 Å². The Kier molecular flexibility index (Phi) is 3.49. The van der Waals surface area contributed by atoms with E-state index in [1.165, 1.54) is 22.0 Å². The molecule has 0 fully saturated rings. The molecule has 3 nitrogen and oxygen atoms in total. The number of carbonyl (C=O) groups is 1. The molecule has 0 aliphatic carbocycles. The number of para-hydroxylation sites is 1. The zero-order valence-electron chi connectivity index (χ0n) is 15.0. The Morgan fingerprint density at radius 1 is 1.08 bits per heavy atom. The van der Waals surface area contributed by atoms with Crippen LogP contribution in [0.15, 0.2) is 60.2 Å². The molecule has 2 aliphatic heterocycles. The minimum absolute atomic E-state index is 0.0548. The number of nitrogens with one attached hydrogen (secondary N) is 1. The number of hydrogen-bond acceptors (Lipinski definition) is 1. The van der Waals surface area contributed by atoms with Crippen LogP contribution in [-0.2, 0) is 11.2 Å². The lowest BCUT2D eigenvalue weighted by Gasteiger charge is -2.39. The summed E-state index contributed by atoms with van der Waals surface area (Å²) >= 11 is 0. The van der Waals surface area contributed by atoms with Gasteiger partial charge in [0, 0.05) is 17.4 Å². The molecule has 0 bridgehead atoms. The third-order valence-corrected chi connectivity index (χ3v) is 5.88. The van der Waals surface area contributed by atoms with Gasteiger partial charge in [-0.05, 0) is 42.0 Å². The van der Waals surface area contributed by atoms with Gasteiger partial charge in [-0.1, -0.05) is 55.5 Å². The van der Waals surface area contributed by atoms with Crippen molar-refractivity contribution >= 4 is 22.5 Å². The van der Waals surface area contributed by atoms with E-state index in [9.17, 15) is 4.79 Å². The van der Waals surface area contributed by atoms with Crippen LogP contribution in [0.25, 0.3) is 16.6 Å². The molecule has 1 atom stereocenters. The lowest BCUT2D eigenvalue weighted by molar-refractivity contribution is -0.130. The number of carbonyl (C=O) groups excluding carboxylic acids is 1. The van der Waals surface area contributed by atoms with Gasteiger partial charge >= 0.3 is 0 Å². The lowest BCUT2D eigenvalue weighted by Crippen LogP contribution is -2.42. The fourth-order valence-electron chi connectivity index (χ4n) is 4.60. The average molecular weight is 342 g/mol. The number of nitrogens with zero attached hydrogens (tertiary/aromatic N) is 1. The molecule has 26 heavy (non-hydrogen) atoms. The SMILES string of the molecule is CCC1=C2c3[nH]c4ccccc4c3CCN2C(=O)C(c2ccccc2)C1. The van der Waals surface area contributed by atoms with Gasteiger partial charge in [-0.3, -0.25) is 4.79 Å². The van der Waals surface area contributed by atoms with Crippen molar-refractivity contribution in [2.24, 2.45) is 0 Å². The standard InChI is InChI=1S/C23H22N2O/c1-2-15-14-19(16-8-4-3-5-9-16)23(26)25-13-12-18-17-10-6-7-11-20(17)24-21(18)22(15)25/h3-11,19,24H,2,12-14H2,1H3. The molecule has 130 valence electrons. The third kappa shape index (κ3) is 2.16. The minimum atomic E-state index is -0.0548. The second-order valence-electron chi connectivity index (χ2n) is 7.24. The number of H-pyrrole nitrogens is 1. The van der Waals surface area contributed by atoms with Crippen molar-refractivity contribution in [2.45, 2.75) is 32.1 Å². The maximum atomic E-state index is 13.3. The monoisotopic (exact) mass is 342 g/mol. The Labute approximate surface area is 153 Å². The highest BCUT2D eigenvalue weighted by molar-refractivity contribution is 5.99. The summed E-state index contributed by atoms with van der Waals surface area (Å²) in [7, 11) is 0. The van der Waals surface area contributed by atoms with Crippen molar-refractivity contribution in [3.8, 4) is 0 Å². The molecule has 0 spiro atoms. The van der Waals surface area contributed by atoms with E-state index in [1.807, 2.05) is 23.1 Å². The predicted octanol–water partition coefficient (Wildman–Crippen LogP) is 4.86. The molecule has 1 aromatic heterocycles. The number of rotatable bonds is 2. The van der Waals surface area contributed by atoms with E-state index in [0.717, 1.165) is 42.8 Å². The fourth-order valence-corrected chi connectivity index (χ4v) is 4.60. The maximum Gasteiger partial charge on any atom is 0.234 e. The normalized spacial score (nSPS) is 19.7. The van der Waals surface area contributed by atoms with Gasteiger partial charge in [0.15, 0.2) is 0 Å². The number of hydrogen-bond donors (Lipinski definition) is 1. The van der Waals surface area contributed by atoms with Crippen LogP contribution in [0.2, 0.25) is 0 Å². The Bertz CT molecular complexity index is 1030. The van der Waals surface area contributed by atoms with Crippen LogP contribution in [0.4, 0.5) is 0 Å². The quantitative estimate of drug-likeness (QED) is 0.709. The summed E-state index contributed by atoms with van der Waals surface area (Å²) in [6.07, 6.45) is 2.70. The Balaban J connectivity index is 1.68. The second-order valence-corrected chi connectivity index (χ2v) is 7.24. The van der Waals surface area contributed by atoms with Crippen molar-refractivity contribution < 1.29 is 4.79 Å². The van der Waals surface area contributed by atoms with Crippen LogP contribution in [0.1, 0.15) is 42.5 Å². The largest absolute Gasteiger partial charge is 0.353 e. The van der Waals surface area contributed by atoms with Gasteiger partial charge in [0.1, 0.15) is 0 Å². The molecule has 3 heterocycles. The topological polar surface area (TPSA) is 36.1 Å². The van der Waals surface area contributed by atoms with E-state index >= 15 is 0 Å². The van der Waals surface area contributed by atoms with Gasteiger partial charge in [-0.25, -0.2) is 0 Å². The fraction of sp³-hybridized carbons (Fsp3) is 0.261. The first-order valence-corrected chi connectivity index (χ1v) is 9.46. The van der Waals surface area contributed by atoms with Gasteiger partial charge in [0.05, 0.1) is 17.3 Å². The maximum absolute atomic E-state index is 13.3. The molecule has 1 unspecified atom stereocenters. The summed E-state index contributed by atoms with van der Waals surface area (Å²) in [5.41, 5.74) is 7.34. The second kappa shape index (κ2) is 5.87. The molecule has 2 aromatic carbocycles. The number of aromatic amines is 1. The molecule has 0 saturated heterocycles. The van der Waals surface area contributed by atoms with Gasteiger partial charge < -0.3 is 9.88 Å². The van der Waals surface area contributed by atoms with Crippen molar-refractivity contribution in [3.05, 3.63) is 77.0 Å². The Morgan fingerprint density at radius 3 is 2.65 bits per heavy atom. The first-order valence-electron chi connectivity index (χ1n) is 9.46. The van der Waals surface area contributed by atoms with Crippen LogP contribution in [0.5, 0.6) is 0 Å². The zero-order valence-corrected chi connectivity index (χ0v) is 15.0. The van der Waals surface area contributed by atoms with Crippen molar-refractivity contribution in [1.82, 2.24) is 9.88 Å². The number of benzene rings is 2. The van der Waals surface area contributed by atoms with Crippen LogP contribution < -0.4 is 0 Å². The first kappa shape index (κ1) is 15.4. The Morgan fingerprint density at radius 2 is 1.85 bits per heavy atom. The van der Waals surface area contributed by atoms with E-state index < -0.39 is 0 Å². The van der Waals surface area contributed by atoms with Crippen LogP contribution in [-0.4, -0.2) is 22.3 Å². The molecule has 0 saturated carbocycles. The highest BCUT2D eigenvalue weighted by atomic mass is 16.2. The molecule has 3 heteroatoms. The average Bonchev–Trinajstić information content (AvgIpc) is 3.08. The van der Waals surface area contributed by atoms with Crippen LogP contribution in [0.3, 0.4) is 0 Å². The van der Waals surface area contributed by atoms with Crippen molar-refractivity contribution in [3.63, 3.8) is 0 Å². The third-order valence-electron chi connectivity index (χ3n) is 5.88. The smallest absolute Gasteiger partial charge is 0.234 e. The van der Waals surface area contributed by atoms with Gasteiger partial charge in [0.25, 0.3) is 0 Å². The van der Waals surface area contributed by atoms with E-state index in [-0.39, 0.29) is 11.8 Å². The van der Waals surface area contributed by atoms with E-state index in [4.69, 9.17) is 0 Å².